The van der Waals surface area contributed by atoms with Crippen molar-refractivity contribution in [2.45, 2.75) is 26.2 Å². The molecule has 0 saturated carbocycles. The summed E-state index contributed by atoms with van der Waals surface area (Å²) in [7, 11) is 0. The summed E-state index contributed by atoms with van der Waals surface area (Å²) in [6.45, 7) is 7.49. The van der Waals surface area contributed by atoms with Crippen LogP contribution in [0.15, 0.2) is 24.3 Å². The van der Waals surface area contributed by atoms with Crippen LogP contribution in [0.5, 0.6) is 0 Å². The van der Waals surface area contributed by atoms with Crippen molar-refractivity contribution in [3.8, 4) is 0 Å². The maximum Gasteiger partial charge on any atom is 0.317 e. The second-order valence-electron chi connectivity index (χ2n) is 5.79. The molecule has 4 nitrogen and oxygen atoms in total. The fourth-order valence-corrected chi connectivity index (χ4v) is 2.72. The zero-order valence-corrected chi connectivity index (χ0v) is 14.1. The van der Waals surface area contributed by atoms with Crippen molar-refractivity contribution in [1.29, 1.82) is 0 Å². The highest BCUT2D eigenvalue weighted by Crippen LogP contribution is 2.11. The van der Waals surface area contributed by atoms with Gasteiger partial charge in [0.25, 0.3) is 0 Å². The number of piperazine rings is 1. The van der Waals surface area contributed by atoms with Gasteiger partial charge in [0, 0.05) is 44.3 Å². The average Bonchev–Trinajstić information content (AvgIpc) is 2.55. The van der Waals surface area contributed by atoms with Crippen LogP contribution in [0.3, 0.4) is 0 Å². The molecule has 122 valence electrons. The highest BCUT2D eigenvalue weighted by Gasteiger charge is 2.20. The van der Waals surface area contributed by atoms with Crippen LogP contribution in [-0.2, 0) is 6.42 Å². The lowest BCUT2D eigenvalue weighted by Gasteiger charge is -2.34. The molecule has 1 aromatic rings. The summed E-state index contributed by atoms with van der Waals surface area (Å²) < 4.78 is 0. The second kappa shape index (κ2) is 9.01. The molecule has 0 unspecified atom stereocenters. The molecule has 22 heavy (non-hydrogen) atoms. The molecule has 1 aliphatic heterocycles. The summed E-state index contributed by atoms with van der Waals surface area (Å²) in [6.07, 6.45) is 3.19. The Hall–Kier alpha value is -1.26. The number of hydrogen-bond donors (Lipinski definition) is 1. The molecule has 5 heteroatoms. The van der Waals surface area contributed by atoms with Crippen molar-refractivity contribution in [2.24, 2.45) is 0 Å². The van der Waals surface area contributed by atoms with E-state index in [1.54, 1.807) is 0 Å². The van der Waals surface area contributed by atoms with E-state index in [4.69, 9.17) is 11.6 Å². The van der Waals surface area contributed by atoms with Gasteiger partial charge in [-0.15, -0.1) is 0 Å². The van der Waals surface area contributed by atoms with Crippen LogP contribution in [0.25, 0.3) is 0 Å². The van der Waals surface area contributed by atoms with E-state index in [9.17, 15) is 4.79 Å². The number of urea groups is 1. The highest BCUT2D eigenvalue weighted by atomic mass is 35.5. The van der Waals surface area contributed by atoms with Gasteiger partial charge in [0.15, 0.2) is 0 Å². The number of carbonyl (C=O) groups is 1. The molecule has 2 rings (SSSR count). The lowest BCUT2D eigenvalue weighted by Crippen LogP contribution is -2.52. The van der Waals surface area contributed by atoms with Gasteiger partial charge >= 0.3 is 6.03 Å². The molecule has 1 aliphatic rings. The van der Waals surface area contributed by atoms with Crippen molar-refractivity contribution in [1.82, 2.24) is 15.1 Å². The normalized spacial score (nSPS) is 15.8. The summed E-state index contributed by atoms with van der Waals surface area (Å²) in [5.74, 6) is 0. The van der Waals surface area contributed by atoms with E-state index in [0.29, 0.717) is 0 Å². The third-order valence-electron chi connectivity index (χ3n) is 4.10. The molecule has 1 N–H and O–H groups in total. The molecular weight excluding hydrogens is 298 g/mol. The third-order valence-corrected chi connectivity index (χ3v) is 4.35. The molecule has 0 bridgehead atoms. The fourth-order valence-electron chi connectivity index (χ4n) is 2.60. The minimum atomic E-state index is 0.0887. The van der Waals surface area contributed by atoms with Crippen LogP contribution in [0.4, 0.5) is 4.79 Å². The maximum atomic E-state index is 12.0. The first-order valence-corrected chi connectivity index (χ1v) is 8.56. The van der Waals surface area contributed by atoms with Gasteiger partial charge in [0.2, 0.25) is 0 Å². The Bertz CT molecular complexity index is 455. The van der Waals surface area contributed by atoms with E-state index in [2.05, 4.69) is 29.3 Å². The highest BCUT2D eigenvalue weighted by molar-refractivity contribution is 6.30. The predicted octanol–water partition coefficient (Wildman–Crippen LogP) is 3.01. The van der Waals surface area contributed by atoms with Gasteiger partial charge in [-0.1, -0.05) is 37.1 Å². The standard InChI is InChI=1S/C17H26ClN3O/c1-2-3-9-19-17(22)21-13-11-20(12-14-21)10-8-15-4-6-16(18)7-5-15/h4-7H,2-3,8-14H2,1H3,(H,19,22). The first-order valence-electron chi connectivity index (χ1n) is 8.18. The van der Waals surface area contributed by atoms with Crippen molar-refractivity contribution in [3.63, 3.8) is 0 Å². The molecule has 1 saturated heterocycles. The molecule has 0 aromatic heterocycles. The summed E-state index contributed by atoms with van der Waals surface area (Å²) in [5, 5.41) is 3.77. The Morgan fingerprint density at radius 3 is 2.50 bits per heavy atom. The van der Waals surface area contributed by atoms with Crippen molar-refractivity contribution in [3.05, 3.63) is 34.9 Å². The number of amides is 2. The number of rotatable bonds is 6. The first-order chi connectivity index (χ1) is 10.7. The van der Waals surface area contributed by atoms with Gasteiger partial charge < -0.3 is 10.2 Å². The van der Waals surface area contributed by atoms with Crippen LogP contribution < -0.4 is 5.32 Å². The molecule has 0 spiro atoms. The fraction of sp³-hybridized carbons (Fsp3) is 0.588. The molecule has 2 amide bonds. The topological polar surface area (TPSA) is 35.6 Å². The quantitative estimate of drug-likeness (QED) is 0.817. The number of carbonyl (C=O) groups excluding carboxylic acids is 1. The SMILES string of the molecule is CCCCNC(=O)N1CCN(CCc2ccc(Cl)cc2)CC1. The minimum Gasteiger partial charge on any atom is -0.338 e. The maximum absolute atomic E-state index is 12.0. The van der Waals surface area contributed by atoms with Crippen LogP contribution in [0.2, 0.25) is 5.02 Å². The largest absolute Gasteiger partial charge is 0.338 e. The van der Waals surface area contributed by atoms with Crippen LogP contribution in [-0.4, -0.2) is 55.1 Å². The van der Waals surface area contributed by atoms with Crippen LogP contribution >= 0.6 is 11.6 Å². The van der Waals surface area contributed by atoms with Gasteiger partial charge in [0.1, 0.15) is 0 Å². The number of hydrogen-bond acceptors (Lipinski definition) is 2. The van der Waals surface area contributed by atoms with Crippen LogP contribution in [0.1, 0.15) is 25.3 Å². The van der Waals surface area contributed by atoms with Gasteiger partial charge in [0.05, 0.1) is 0 Å². The first kappa shape index (κ1) is 17.1. The average molecular weight is 324 g/mol. The van der Waals surface area contributed by atoms with E-state index in [1.165, 1.54) is 5.56 Å². The van der Waals surface area contributed by atoms with Crippen molar-refractivity contribution in [2.75, 3.05) is 39.3 Å². The second-order valence-corrected chi connectivity index (χ2v) is 6.23. The summed E-state index contributed by atoms with van der Waals surface area (Å²) >= 11 is 5.90. The van der Waals surface area contributed by atoms with E-state index in [0.717, 1.165) is 63.6 Å². The van der Waals surface area contributed by atoms with Gasteiger partial charge in [-0.3, -0.25) is 4.90 Å². The Kier molecular flexibility index (Phi) is 7.00. The Balaban J connectivity index is 1.66. The lowest BCUT2D eigenvalue weighted by atomic mass is 10.1. The number of nitrogens with one attached hydrogen (secondary N) is 1. The number of nitrogens with zero attached hydrogens (tertiary/aromatic N) is 2. The molecule has 1 aromatic carbocycles. The van der Waals surface area contributed by atoms with E-state index >= 15 is 0 Å². The van der Waals surface area contributed by atoms with Crippen molar-refractivity contribution >= 4 is 17.6 Å². The van der Waals surface area contributed by atoms with E-state index in [1.807, 2.05) is 17.0 Å². The third kappa shape index (κ3) is 5.50. The van der Waals surface area contributed by atoms with E-state index in [-0.39, 0.29) is 6.03 Å². The predicted molar refractivity (Wildman–Crippen MR) is 91.5 cm³/mol. The lowest BCUT2D eigenvalue weighted by molar-refractivity contribution is 0.140. The number of unbranched alkanes of at least 4 members (excludes halogenated alkanes) is 1. The smallest absolute Gasteiger partial charge is 0.317 e. The summed E-state index contributed by atoms with van der Waals surface area (Å²) in [4.78, 5) is 16.3. The number of benzene rings is 1. The van der Waals surface area contributed by atoms with Gasteiger partial charge in [-0.2, -0.15) is 0 Å². The number of halogens is 1. The Labute approximate surface area is 138 Å². The monoisotopic (exact) mass is 323 g/mol. The molecular formula is C17H26ClN3O. The summed E-state index contributed by atoms with van der Waals surface area (Å²) in [6, 6.07) is 8.13. The zero-order chi connectivity index (χ0) is 15.8. The minimum absolute atomic E-state index is 0.0887. The van der Waals surface area contributed by atoms with Gasteiger partial charge in [-0.25, -0.2) is 4.79 Å². The van der Waals surface area contributed by atoms with Crippen LogP contribution in [0, 0.1) is 0 Å². The molecule has 1 fully saturated rings. The zero-order valence-electron chi connectivity index (χ0n) is 13.4. The van der Waals surface area contributed by atoms with E-state index < -0.39 is 0 Å². The van der Waals surface area contributed by atoms with Crippen molar-refractivity contribution < 1.29 is 4.79 Å². The molecule has 1 heterocycles. The van der Waals surface area contributed by atoms with Gasteiger partial charge in [-0.05, 0) is 30.5 Å². The Morgan fingerprint density at radius 2 is 1.86 bits per heavy atom. The summed E-state index contributed by atoms with van der Waals surface area (Å²) in [5.41, 5.74) is 1.31. The Morgan fingerprint density at radius 1 is 1.18 bits per heavy atom. The molecule has 0 radical (unpaired) electrons. The molecule has 0 aliphatic carbocycles. The molecule has 0 atom stereocenters.